The molecule has 1 aromatic carbocycles. The fourth-order valence-electron chi connectivity index (χ4n) is 2.55. The molecule has 1 aliphatic rings. The molecule has 0 radical (unpaired) electrons. The molecule has 1 fully saturated rings. The molecule has 1 aromatic rings. The molecule has 102 valence electrons. The van der Waals surface area contributed by atoms with Gasteiger partial charge in [0, 0.05) is 12.8 Å². The zero-order valence-corrected chi connectivity index (χ0v) is 11.3. The number of amides is 2. The number of hydrogen-bond acceptors (Lipinski definition) is 3. The Morgan fingerprint density at radius 3 is 2.16 bits per heavy atom. The minimum Gasteiger partial charge on any atom is -0.394 e. The third kappa shape index (κ3) is 2.84. The Hall–Kier alpha value is -1.68. The standard InChI is InChI=1S/C15H19NO3/c1-15(2)8-13(18)16(14(19)9-15)12(10-17)11-6-4-3-5-7-11/h3-7,12,17H,8-10H2,1-2H3. The molecule has 19 heavy (non-hydrogen) atoms. The van der Waals surface area contributed by atoms with Crippen molar-refractivity contribution < 1.29 is 14.7 Å². The minimum absolute atomic E-state index is 0.204. The number of nitrogens with zero attached hydrogens (tertiary/aromatic N) is 1. The monoisotopic (exact) mass is 261 g/mol. The van der Waals surface area contributed by atoms with Crippen molar-refractivity contribution in [1.29, 1.82) is 0 Å². The first-order chi connectivity index (χ1) is 8.94. The maximum Gasteiger partial charge on any atom is 0.230 e. The van der Waals surface area contributed by atoms with E-state index in [4.69, 9.17) is 0 Å². The molecule has 4 nitrogen and oxygen atoms in total. The van der Waals surface area contributed by atoms with Gasteiger partial charge < -0.3 is 5.11 Å². The van der Waals surface area contributed by atoms with Crippen LogP contribution in [0.15, 0.2) is 30.3 Å². The van der Waals surface area contributed by atoms with E-state index < -0.39 is 6.04 Å². The summed E-state index contributed by atoms with van der Waals surface area (Å²) in [6.45, 7) is 3.58. The molecular formula is C15H19NO3. The summed E-state index contributed by atoms with van der Waals surface area (Å²) in [7, 11) is 0. The molecular weight excluding hydrogens is 242 g/mol. The fourth-order valence-corrected chi connectivity index (χ4v) is 2.55. The van der Waals surface area contributed by atoms with Crippen LogP contribution in [0.2, 0.25) is 0 Å². The number of carbonyl (C=O) groups is 2. The number of aliphatic hydroxyl groups excluding tert-OH is 1. The van der Waals surface area contributed by atoms with Gasteiger partial charge in [-0.15, -0.1) is 0 Å². The Bertz CT molecular complexity index is 461. The van der Waals surface area contributed by atoms with Crippen LogP contribution in [0.4, 0.5) is 0 Å². The van der Waals surface area contributed by atoms with Crippen molar-refractivity contribution in [2.24, 2.45) is 5.41 Å². The van der Waals surface area contributed by atoms with Crippen LogP contribution >= 0.6 is 0 Å². The first-order valence-corrected chi connectivity index (χ1v) is 6.45. The van der Waals surface area contributed by atoms with E-state index in [0.29, 0.717) is 12.8 Å². The summed E-state index contributed by atoms with van der Waals surface area (Å²) < 4.78 is 0. The van der Waals surface area contributed by atoms with Gasteiger partial charge in [-0.3, -0.25) is 14.5 Å². The number of rotatable bonds is 3. The summed E-state index contributed by atoms with van der Waals surface area (Å²) in [5, 5.41) is 9.55. The van der Waals surface area contributed by atoms with Crippen LogP contribution in [0.5, 0.6) is 0 Å². The Morgan fingerprint density at radius 2 is 1.68 bits per heavy atom. The van der Waals surface area contributed by atoms with Crippen LogP contribution in [0.3, 0.4) is 0 Å². The lowest BCUT2D eigenvalue weighted by atomic mass is 9.81. The van der Waals surface area contributed by atoms with Crippen LogP contribution in [0.1, 0.15) is 38.3 Å². The summed E-state index contributed by atoms with van der Waals surface area (Å²) in [6, 6.07) is 8.60. The third-order valence-electron chi connectivity index (χ3n) is 3.47. The maximum absolute atomic E-state index is 12.2. The first kappa shape index (κ1) is 13.7. The zero-order chi connectivity index (χ0) is 14.0. The predicted molar refractivity (Wildman–Crippen MR) is 71.1 cm³/mol. The summed E-state index contributed by atoms with van der Waals surface area (Å²) in [6.07, 6.45) is 0.671. The number of carbonyl (C=O) groups excluding carboxylic acids is 2. The van der Waals surface area contributed by atoms with E-state index in [2.05, 4.69) is 0 Å². The molecule has 2 amide bonds. The van der Waals surface area contributed by atoms with Crippen LogP contribution < -0.4 is 0 Å². The van der Waals surface area contributed by atoms with Crippen LogP contribution in [0, 0.1) is 5.41 Å². The molecule has 0 spiro atoms. The molecule has 1 aliphatic heterocycles. The normalized spacial score (nSPS) is 20.5. The molecule has 0 bridgehead atoms. The summed E-state index contributed by atoms with van der Waals surface area (Å²) >= 11 is 0. The van der Waals surface area contributed by atoms with Gasteiger partial charge in [0.05, 0.1) is 12.6 Å². The second kappa shape index (κ2) is 5.13. The van der Waals surface area contributed by atoms with Gasteiger partial charge in [0.25, 0.3) is 0 Å². The van der Waals surface area contributed by atoms with Gasteiger partial charge >= 0.3 is 0 Å². The Labute approximate surface area is 113 Å². The lowest BCUT2D eigenvalue weighted by molar-refractivity contribution is -0.156. The predicted octanol–water partition coefficient (Wildman–Crippen LogP) is 1.90. The van der Waals surface area contributed by atoms with Crippen molar-refractivity contribution in [3.05, 3.63) is 35.9 Å². The summed E-state index contributed by atoms with van der Waals surface area (Å²) in [5.41, 5.74) is 0.493. The van der Waals surface area contributed by atoms with Crippen molar-refractivity contribution in [2.45, 2.75) is 32.7 Å². The van der Waals surface area contributed by atoms with Crippen molar-refractivity contribution in [1.82, 2.24) is 4.90 Å². The van der Waals surface area contributed by atoms with Crippen molar-refractivity contribution in [3.63, 3.8) is 0 Å². The van der Waals surface area contributed by atoms with E-state index >= 15 is 0 Å². The molecule has 0 saturated carbocycles. The third-order valence-corrected chi connectivity index (χ3v) is 3.47. The molecule has 1 heterocycles. The van der Waals surface area contributed by atoms with E-state index in [9.17, 15) is 14.7 Å². The molecule has 0 aromatic heterocycles. The van der Waals surface area contributed by atoms with Gasteiger partial charge in [-0.05, 0) is 11.0 Å². The van der Waals surface area contributed by atoms with Gasteiger partial charge in [0.2, 0.25) is 11.8 Å². The second-order valence-electron chi connectivity index (χ2n) is 5.78. The van der Waals surface area contributed by atoms with Crippen molar-refractivity contribution in [3.8, 4) is 0 Å². The number of imide groups is 1. The highest BCUT2D eigenvalue weighted by molar-refractivity contribution is 5.99. The topological polar surface area (TPSA) is 57.6 Å². The number of hydrogen-bond donors (Lipinski definition) is 1. The summed E-state index contributed by atoms with van der Waals surface area (Å²) in [5.74, 6) is -0.409. The number of aliphatic hydroxyl groups is 1. The van der Waals surface area contributed by atoms with E-state index in [0.717, 1.165) is 5.56 Å². The fraction of sp³-hybridized carbons (Fsp3) is 0.467. The van der Waals surface area contributed by atoms with Gasteiger partial charge in [-0.2, -0.15) is 0 Å². The van der Waals surface area contributed by atoms with Gasteiger partial charge in [0.1, 0.15) is 0 Å². The van der Waals surface area contributed by atoms with Crippen molar-refractivity contribution >= 4 is 11.8 Å². The maximum atomic E-state index is 12.2. The molecule has 1 unspecified atom stereocenters. The van der Waals surface area contributed by atoms with E-state index in [1.54, 1.807) is 0 Å². The average Bonchev–Trinajstić information content (AvgIpc) is 2.33. The van der Waals surface area contributed by atoms with Gasteiger partial charge in [-0.25, -0.2) is 0 Å². The average molecular weight is 261 g/mol. The largest absolute Gasteiger partial charge is 0.394 e. The van der Waals surface area contributed by atoms with Crippen molar-refractivity contribution in [2.75, 3.05) is 6.61 Å². The van der Waals surface area contributed by atoms with E-state index in [1.807, 2.05) is 44.2 Å². The Morgan fingerprint density at radius 1 is 1.16 bits per heavy atom. The van der Waals surface area contributed by atoms with E-state index in [-0.39, 0.29) is 23.8 Å². The molecule has 1 N–H and O–H groups in total. The number of likely N-dealkylation sites (tertiary alicyclic amines) is 1. The number of piperidine rings is 1. The van der Waals surface area contributed by atoms with Crippen LogP contribution in [0.25, 0.3) is 0 Å². The quantitative estimate of drug-likeness (QED) is 0.845. The summed E-state index contributed by atoms with van der Waals surface area (Å²) in [4.78, 5) is 25.6. The first-order valence-electron chi connectivity index (χ1n) is 6.45. The molecule has 2 rings (SSSR count). The molecule has 1 saturated heterocycles. The minimum atomic E-state index is -0.572. The van der Waals surface area contributed by atoms with Crippen LogP contribution in [-0.4, -0.2) is 28.4 Å². The Kier molecular flexibility index (Phi) is 3.71. The molecule has 1 atom stereocenters. The van der Waals surface area contributed by atoms with Crippen LogP contribution in [-0.2, 0) is 9.59 Å². The lowest BCUT2D eigenvalue weighted by Crippen LogP contribution is -2.48. The lowest BCUT2D eigenvalue weighted by Gasteiger charge is -2.38. The zero-order valence-electron chi connectivity index (χ0n) is 11.3. The Balaban J connectivity index is 2.29. The molecule has 0 aliphatic carbocycles. The molecule has 4 heteroatoms. The SMILES string of the molecule is CC1(C)CC(=O)N(C(CO)c2ccccc2)C(=O)C1. The van der Waals surface area contributed by atoms with Gasteiger partial charge in [-0.1, -0.05) is 44.2 Å². The highest BCUT2D eigenvalue weighted by Crippen LogP contribution is 2.35. The second-order valence-corrected chi connectivity index (χ2v) is 5.78. The smallest absolute Gasteiger partial charge is 0.230 e. The van der Waals surface area contributed by atoms with E-state index in [1.165, 1.54) is 4.90 Å². The number of benzene rings is 1. The van der Waals surface area contributed by atoms with Gasteiger partial charge in [0.15, 0.2) is 0 Å². The highest BCUT2D eigenvalue weighted by Gasteiger charge is 2.40. The highest BCUT2D eigenvalue weighted by atomic mass is 16.3.